The van der Waals surface area contributed by atoms with E-state index >= 15 is 0 Å². The van der Waals surface area contributed by atoms with Gasteiger partial charge in [-0.15, -0.1) is 0 Å². The van der Waals surface area contributed by atoms with E-state index in [0.717, 1.165) is 64.2 Å². The highest BCUT2D eigenvalue weighted by Gasteiger charge is 2.19. The lowest BCUT2D eigenvalue weighted by Gasteiger charge is -2.18. The summed E-state index contributed by atoms with van der Waals surface area (Å²) in [5.41, 5.74) is 0. The van der Waals surface area contributed by atoms with Crippen molar-refractivity contribution in [3.05, 3.63) is 85.1 Å². The second-order valence-electron chi connectivity index (χ2n) is 16.0. The molecule has 0 radical (unpaired) electrons. The molecule has 0 aliphatic rings. The smallest absolute Gasteiger partial charge is 0.306 e. The van der Waals surface area contributed by atoms with Gasteiger partial charge in [-0.1, -0.05) is 215 Å². The molecule has 0 amide bonds. The quantitative estimate of drug-likeness (QED) is 0.0263. The zero-order valence-corrected chi connectivity index (χ0v) is 38.9. The average molecular weight is 835 g/mol. The number of esters is 3. The third-order valence-corrected chi connectivity index (χ3v) is 10.2. The van der Waals surface area contributed by atoms with E-state index in [1.54, 1.807) is 0 Å². The number of unbranched alkanes of at least 4 members (excludes halogenated alkanes) is 18. The molecule has 0 saturated carbocycles. The normalized spacial score (nSPS) is 12.8. The van der Waals surface area contributed by atoms with Crippen molar-refractivity contribution in [1.29, 1.82) is 0 Å². The van der Waals surface area contributed by atoms with Gasteiger partial charge in [-0.3, -0.25) is 14.4 Å². The maximum atomic E-state index is 12.7. The first-order valence-corrected chi connectivity index (χ1v) is 24.6. The summed E-state index contributed by atoms with van der Waals surface area (Å²) in [4.78, 5) is 37.8. The van der Waals surface area contributed by atoms with Crippen molar-refractivity contribution in [3.63, 3.8) is 0 Å². The highest BCUT2D eigenvalue weighted by Crippen LogP contribution is 2.14. The van der Waals surface area contributed by atoms with Gasteiger partial charge in [-0.2, -0.15) is 0 Å². The Kier molecular flexibility index (Phi) is 45.5. The van der Waals surface area contributed by atoms with Crippen LogP contribution in [0.2, 0.25) is 0 Å². The molecule has 0 saturated heterocycles. The fraction of sp³-hybridized carbons (Fsp3) is 0.685. The molecule has 1 unspecified atom stereocenters. The van der Waals surface area contributed by atoms with E-state index in [0.29, 0.717) is 19.3 Å². The Morgan fingerprint density at radius 3 is 1.12 bits per heavy atom. The van der Waals surface area contributed by atoms with Gasteiger partial charge in [0, 0.05) is 19.3 Å². The van der Waals surface area contributed by atoms with Crippen LogP contribution in [0.25, 0.3) is 0 Å². The van der Waals surface area contributed by atoms with Gasteiger partial charge in [-0.25, -0.2) is 0 Å². The van der Waals surface area contributed by atoms with E-state index in [4.69, 9.17) is 14.2 Å². The number of hydrogen-bond donors (Lipinski definition) is 0. The number of carbonyl (C=O) groups excluding carboxylic acids is 3. The molecule has 0 aliphatic carbocycles. The van der Waals surface area contributed by atoms with Crippen LogP contribution in [0.4, 0.5) is 0 Å². The summed E-state index contributed by atoms with van der Waals surface area (Å²) in [6.45, 7) is 6.39. The first kappa shape index (κ1) is 56.6. The third kappa shape index (κ3) is 45.7. The highest BCUT2D eigenvalue weighted by molar-refractivity contribution is 5.71. The minimum Gasteiger partial charge on any atom is -0.462 e. The van der Waals surface area contributed by atoms with Gasteiger partial charge in [0.25, 0.3) is 0 Å². The van der Waals surface area contributed by atoms with Gasteiger partial charge in [0.15, 0.2) is 6.10 Å². The van der Waals surface area contributed by atoms with Crippen LogP contribution in [0.5, 0.6) is 0 Å². The Bertz CT molecular complexity index is 1190. The van der Waals surface area contributed by atoms with E-state index in [9.17, 15) is 14.4 Å². The summed E-state index contributed by atoms with van der Waals surface area (Å²) >= 11 is 0. The van der Waals surface area contributed by atoms with Crippen LogP contribution in [-0.4, -0.2) is 37.2 Å². The van der Waals surface area contributed by atoms with Crippen LogP contribution in [0.1, 0.15) is 220 Å². The van der Waals surface area contributed by atoms with Gasteiger partial charge in [0.1, 0.15) is 13.2 Å². The van der Waals surface area contributed by atoms with Crippen LogP contribution >= 0.6 is 0 Å². The molecule has 0 bridgehead atoms. The van der Waals surface area contributed by atoms with Crippen molar-refractivity contribution >= 4 is 17.9 Å². The molecule has 0 rings (SSSR count). The minimum absolute atomic E-state index is 0.121. The van der Waals surface area contributed by atoms with Crippen LogP contribution in [0, 0.1) is 0 Å². The summed E-state index contributed by atoms with van der Waals surface area (Å²) in [6.07, 6.45) is 61.6. The molecular formula is C54H90O6. The molecule has 0 aromatic rings. The van der Waals surface area contributed by atoms with Gasteiger partial charge in [-0.05, 0) is 70.6 Å². The van der Waals surface area contributed by atoms with E-state index < -0.39 is 12.1 Å². The zero-order valence-electron chi connectivity index (χ0n) is 38.9. The van der Waals surface area contributed by atoms with Crippen LogP contribution in [-0.2, 0) is 28.6 Å². The molecule has 0 aromatic carbocycles. The number of ether oxygens (including phenoxy) is 3. The van der Waals surface area contributed by atoms with Crippen molar-refractivity contribution in [2.45, 2.75) is 226 Å². The molecule has 342 valence electrons. The average Bonchev–Trinajstić information content (AvgIpc) is 3.24. The van der Waals surface area contributed by atoms with E-state index in [1.165, 1.54) is 103 Å². The molecule has 0 N–H and O–H groups in total. The second-order valence-corrected chi connectivity index (χ2v) is 16.0. The summed E-state index contributed by atoms with van der Waals surface area (Å²) in [5.74, 6) is -1.08. The van der Waals surface area contributed by atoms with Gasteiger partial charge in [0.2, 0.25) is 0 Å². The van der Waals surface area contributed by atoms with Crippen molar-refractivity contribution in [2.75, 3.05) is 13.2 Å². The number of rotatable bonds is 43. The largest absolute Gasteiger partial charge is 0.462 e. The fourth-order valence-corrected chi connectivity index (χ4v) is 6.48. The molecule has 60 heavy (non-hydrogen) atoms. The molecule has 0 fully saturated rings. The van der Waals surface area contributed by atoms with Gasteiger partial charge in [0.05, 0.1) is 0 Å². The van der Waals surface area contributed by atoms with E-state index in [-0.39, 0.29) is 38.0 Å². The monoisotopic (exact) mass is 835 g/mol. The summed E-state index contributed by atoms with van der Waals surface area (Å²) in [7, 11) is 0. The number of carbonyl (C=O) groups is 3. The van der Waals surface area contributed by atoms with Crippen molar-refractivity contribution in [2.24, 2.45) is 0 Å². The maximum Gasteiger partial charge on any atom is 0.306 e. The standard InChI is InChI=1S/C54H90O6/c1-4-7-10-13-16-19-22-25-26-27-30-32-35-38-41-44-47-53(56)59-50-51(60-54(57)48-45-42-39-36-33-29-24-21-18-15-12-9-6-3)49-58-52(55)46-43-40-37-34-31-28-23-20-17-14-11-8-5-2/h7,10,16,19,25-26,29-30,32-33,38-39,41-42,51H,4-6,8-9,11-15,17-18,20-24,27-28,31,34-37,40,43-50H2,1-3H3/b10-7+,19-16+,26-25+,32-30+,33-29+,41-38+,42-39+. The topological polar surface area (TPSA) is 78.9 Å². The van der Waals surface area contributed by atoms with Crippen molar-refractivity contribution in [1.82, 2.24) is 0 Å². The fourth-order valence-electron chi connectivity index (χ4n) is 6.48. The lowest BCUT2D eigenvalue weighted by atomic mass is 10.0. The number of hydrogen-bond acceptors (Lipinski definition) is 6. The summed E-state index contributed by atoms with van der Waals surface area (Å²) < 4.78 is 16.6. The predicted molar refractivity (Wildman–Crippen MR) is 256 cm³/mol. The van der Waals surface area contributed by atoms with Gasteiger partial charge < -0.3 is 14.2 Å². The SMILES string of the molecule is CC/C=C/C/C=C/C/C=C/C/C=C/C/C=C/CCC(=O)OCC(COC(=O)CCCCCCCCCCCCCCC)OC(=O)CC/C=C/C/C=C/CCCCCCCC. The highest BCUT2D eigenvalue weighted by atomic mass is 16.6. The summed E-state index contributed by atoms with van der Waals surface area (Å²) in [6, 6.07) is 0. The molecule has 0 aliphatic heterocycles. The molecule has 0 heterocycles. The summed E-state index contributed by atoms with van der Waals surface area (Å²) in [5, 5.41) is 0. The molecule has 0 spiro atoms. The maximum absolute atomic E-state index is 12.7. The first-order valence-electron chi connectivity index (χ1n) is 24.6. The third-order valence-electron chi connectivity index (χ3n) is 10.2. The molecule has 6 nitrogen and oxygen atoms in total. The Morgan fingerprint density at radius 2 is 0.683 bits per heavy atom. The predicted octanol–water partition coefficient (Wildman–Crippen LogP) is 16.0. The molecule has 6 heteroatoms. The first-order chi connectivity index (χ1) is 29.5. The zero-order chi connectivity index (χ0) is 43.7. The molecular weight excluding hydrogens is 745 g/mol. The lowest BCUT2D eigenvalue weighted by molar-refractivity contribution is -0.166. The Hall–Kier alpha value is -3.41. The minimum atomic E-state index is -0.834. The molecule has 0 aromatic heterocycles. The Morgan fingerprint density at radius 1 is 0.350 bits per heavy atom. The second kappa shape index (κ2) is 48.3. The van der Waals surface area contributed by atoms with Crippen LogP contribution < -0.4 is 0 Å². The van der Waals surface area contributed by atoms with E-state index in [1.807, 2.05) is 18.2 Å². The van der Waals surface area contributed by atoms with Crippen molar-refractivity contribution < 1.29 is 28.6 Å². The molecule has 1 atom stereocenters. The Labute approximate surface area is 369 Å². The lowest BCUT2D eigenvalue weighted by Crippen LogP contribution is -2.30. The van der Waals surface area contributed by atoms with Crippen LogP contribution in [0.3, 0.4) is 0 Å². The van der Waals surface area contributed by atoms with Gasteiger partial charge >= 0.3 is 17.9 Å². The number of allylic oxidation sites excluding steroid dienone is 14. The van der Waals surface area contributed by atoms with E-state index in [2.05, 4.69) is 87.6 Å². The van der Waals surface area contributed by atoms with Crippen molar-refractivity contribution in [3.8, 4) is 0 Å². The van der Waals surface area contributed by atoms with Crippen LogP contribution in [0.15, 0.2) is 85.1 Å². The Balaban J connectivity index is 4.56.